The van der Waals surface area contributed by atoms with E-state index in [1.165, 1.54) is 76.4 Å². The summed E-state index contributed by atoms with van der Waals surface area (Å²) in [6.45, 7) is 0. The molecule has 2 bridgehead atoms. The lowest BCUT2D eigenvalue weighted by Gasteiger charge is -2.47. The van der Waals surface area contributed by atoms with Gasteiger partial charge in [-0.05, 0) is 94.6 Å². The molecule has 3 aliphatic carbocycles. The number of hydrogen-bond acceptors (Lipinski definition) is 1. The zero-order chi connectivity index (χ0) is 38.2. The van der Waals surface area contributed by atoms with E-state index in [4.69, 9.17) is 4.42 Å². The lowest BCUT2D eigenvalue weighted by Crippen LogP contribution is -2.75. The summed E-state index contributed by atoms with van der Waals surface area (Å²) in [5.74, 6) is 0.163. The van der Waals surface area contributed by atoms with Crippen LogP contribution in [0.15, 0.2) is 223 Å². The smallest absolute Gasteiger partial charge is 0.179 e. The van der Waals surface area contributed by atoms with Gasteiger partial charge in [0.25, 0.3) is 0 Å². The molecule has 0 amide bonds. The van der Waals surface area contributed by atoms with Crippen LogP contribution in [0.5, 0.6) is 0 Å². The molecule has 2 heteroatoms. The molecule has 0 fully saturated rings. The Labute approximate surface area is 339 Å². The molecule has 2 atom stereocenters. The minimum Gasteiger partial charge on any atom is -0.456 e. The van der Waals surface area contributed by atoms with Gasteiger partial charge < -0.3 is 4.42 Å². The summed E-state index contributed by atoms with van der Waals surface area (Å²) >= 11 is 0. The summed E-state index contributed by atoms with van der Waals surface area (Å²) in [5, 5.41) is 7.94. The van der Waals surface area contributed by atoms with E-state index in [-0.39, 0.29) is 11.8 Å². The zero-order valence-electron chi connectivity index (χ0n) is 31.8. The summed E-state index contributed by atoms with van der Waals surface area (Å²) < 4.78 is 6.49. The minimum absolute atomic E-state index is 0.0431. The number of para-hydroxylation sites is 1. The summed E-state index contributed by atoms with van der Waals surface area (Å²) in [5.41, 5.74) is 15.4. The summed E-state index contributed by atoms with van der Waals surface area (Å²) in [6, 6.07) is 81.9. The van der Waals surface area contributed by atoms with Crippen LogP contribution < -0.4 is 20.7 Å². The van der Waals surface area contributed by atoms with Crippen LogP contribution in [0.4, 0.5) is 0 Å². The third-order valence-electron chi connectivity index (χ3n) is 13.0. The summed E-state index contributed by atoms with van der Waals surface area (Å²) in [6.07, 6.45) is 0. The molecule has 0 saturated carbocycles. The third-order valence-corrected chi connectivity index (χ3v) is 17.8. The molecule has 58 heavy (non-hydrogen) atoms. The van der Waals surface area contributed by atoms with Gasteiger partial charge in [0.1, 0.15) is 11.2 Å². The van der Waals surface area contributed by atoms with Crippen LogP contribution in [0.25, 0.3) is 44.2 Å². The number of hydrogen-bond donors (Lipinski definition) is 0. The van der Waals surface area contributed by atoms with E-state index in [2.05, 4.69) is 218 Å². The Morgan fingerprint density at radius 3 is 1.64 bits per heavy atom. The standard InChI is InChI=1S/C56H38OSi/c1-4-17-37(18-5-1)38-19-14-24-42(35-38)58(40-20-6-2-7-21-40,41-22-8-3-9-23-41)52-32-16-30-49-53-46-26-10-11-27-47(46)56(55(49)52)54-43(28-15-29-48(53)54)39-33-34-45-44-25-12-13-31-50(44)57-51(45)36-39/h1-36,53,56H. The lowest BCUT2D eigenvalue weighted by molar-refractivity contribution is 0.669. The molecule has 10 aromatic rings. The Hall–Kier alpha value is -7.00. The average Bonchev–Trinajstić information content (AvgIpc) is 3.68. The Morgan fingerprint density at radius 1 is 0.328 bits per heavy atom. The third kappa shape index (κ3) is 4.76. The van der Waals surface area contributed by atoms with Crippen molar-refractivity contribution in [3.8, 4) is 22.3 Å². The minimum atomic E-state index is -2.99. The molecule has 9 aromatic carbocycles. The van der Waals surface area contributed by atoms with Crippen LogP contribution in [0.3, 0.4) is 0 Å². The second-order valence-electron chi connectivity index (χ2n) is 15.8. The maximum Gasteiger partial charge on any atom is 0.179 e. The highest BCUT2D eigenvalue weighted by molar-refractivity contribution is 7.20. The monoisotopic (exact) mass is 754 g/mol. The van der Waals surface area contributed by atoms with Crippen LogP contribution in [-0.2, 0) is 0 Å². The molecule has 2 unspecified atom stereocenters. The van der Waals surface area contributed by atoms with Crippen LogP contribution in [0.2, 0.25) is 0 Å². The van der Waals surface area contributed by atoms with Crippen molar-refractivity contribution < 1.29 is 4.42 Å². The molecular formula is C56H38OSi. The molecule has 0 aliphatic heterocycles. The number of fused-ring (bicyclic) bond motifs is 3. The molecule has 3 aliphatic rings. The predicted octanol–water partition coefficient (Wildman–Crippen LogP) is 11.3. The van der Waals surface area contributed by atoms with Crippen molar-refractivity contribution in [3.63, 3.8) is 0 Å². The first-order valence-electron chi connectivity index (χ1n) is 20.3. The van der Waals surface area contributed by atoms with Gasteiger partial charge in [0.2, 0.25) is 0 Å². The van der Waals surface area contributed by atoms with Crippen LogP contribution in [0.1, 0.15) is 45.2 Å². The fourth-order valence-electron chi connectivity index (χ4n) is 10.7. The Kier molecular flexibility index (Phi) is 7.45. The van der Waals surface area contributed by atoms with Gasteiger partial charge in [-0.25, -0.2) is 0 Å². The molecule has 0 N–H and O–H groups in total. The van der Waals surface area contributed by atoms with Crippen molar-refractivity contribution in [3.05, 3.63) is 252 Å². The highest BCUT2D eigenvalue weighted by Gasteiger charge is 2.49. The zero-order valence-corrected chi connectivity index (χ0v) is 32.8. The van der Waals surface area contributed by atoms with E-state index in [0.29, 0.717) is 0 Å². The molecule has 0 saturated heterocycles. The Morgan fingerprint density at radius 2 is 0.879 bits per heavy atom. The van der Waals surface area contributed by atoms with E-state index in [9.17, 15) is 0 Å². The lowest BCUT2D eigenvalue weighted by atomic mass is 9.60. The SMILES string of the molecule is c1ccc(-c2cccc([Si](c3ccccc3)(c3ccccc3)c3cccc4c3C3c5ccccc5C4c4cccc(-c5ccc6c(c5)oc5ccccc56)c43)c2)cc1. The van der Waals surface area contributed by atoms with Gasteiger partial charge in [-0.15, -0.1) is 0 Å². The van der Waals surface area contributed by atoms with Crippen LogP contribution >= 0.6 is 0 Å². The Bertz CT molecular complexity index is 3140. The molecule has 13 rings (SSSR count). The number of rotatable bonds is 6. The summed E-state index contributed by atoms with van der Waals surface area (Å²) in [4.78, 5) is 0. The fourth-order valence-corrected chi connectivity index (χ4v) is 15.8. The van der Waals surface area contributed by atoms with Gasteiger partial charge >= 0.3 is 0 Å². The Balaban J connectivity index is 1.17. The van der Waals surface area contributed by atoms with E-state index in [1.807, 2.05) is 0 Å². The maximum absolute atomic E-state index is 6.49. The molecule has 272 valence electrons. The predicted molar refractivity (Wildman–Crippen MR) is 243 cm³/mol. The summed E-state index contributed by atoms with van der Waals surface area (Å²) in [7, 11) is -2.99. The average molecular weight is 755 g/mol. The van der Waals surface area contributed by atoms with Crippen molar-refractivity contribution >= 4 is 50.8 Å². The highest BCUT2D eigenvalue weighted by atomic mass is 28.3. The number of benzene rings is 9. The van der Waals surface area contributed by atoms with Crippen molar-refractivity contribution in [2.45, 2.75) is 11.8 Å². The molecule has 0 radical (unpaired) electrons. The van der Waals surface area contributed by atoms with Crippen LogP contribution in [0, 0.1) is 0 Å². The van der Waals surface area contributed by atoms with Crippen molar-refractivity contribution in [2.75, 3.05) is 0 Å². The molecular weight excluding hydrogens is 717 g/mol. The number of furan rings is 1. The van der Waals surface area contributed by atoms with Gasteiger partial charge in [-0.1, -0.05) is 200 Å². The molecule has 1 aromatic heterocycles. The largest absolute Gasteiger partial charge is 0.456 e. The van der Waals surface area contributed by atoms with Gasteiger partial charge in [0.05, 0.1) is 0 Å². The second kappa shape index (κ2) is 13.0. The maximum atomic E-state index is 6.49. The quantitative estimate of drug-likeness (QED) is 0.122. The molecule has 1 heterocycles. The first kappa shape index (κ1) is 33.2. The highest BCUT2D eigenvalue weighted by Crippen LogP contribution is 2.57. The molecule has 0 spiro atoms. The van der Waals surface area contributed by atoms with E-state index < -0.39 is 8.07 Å². The van der Waals surface area contributed by atoms with Crippen molar-refractivity contribution in [1.29, 1.82) is 0 Å². The first-order chi connectivity index (χ1) is 28.8. The van der Waals surface area contributed by atoms with Crippen LogP contribution in [-0.4, -0.2) is 8.07 Å². The normalized spacial score (nSPS) is 15.2. The fraction of sp³-hybridized carbons (Fsp3) is 0.0357. The van der Waals surface area contributed by atoms with Crippen molar-refractivity contribution in [2.24, 2.45) is 0 Å². The van der Waals surface area contributed by atoms with E-state index in [1.54, 1.807) is 0 Å². The molecule has 1 nitrogen and oxygen atoms in total. The van der Waals surface area contributed by atoms with Gasteiger partial charge in [-0.2, -0.15) is 0 Å². The van der Waals surface area contributed by atoms with E-state index >= 15 is 0 Å². The van der Waals surface area contributed by atoms with Crippen molar-refractivity contribution in [1.82, 2.24) is 0 Å². The second-order valence-corrected chi connectivity index (χ2v) is 19.6. The topological polar surface area (TPSA) is 13.1 Å². The van der Waals surface area contributed by atoms with Gasteiger partial charge in [0.15, 0.2) is 8.07 Å². The van der Waals surface area contributed by atoms with E-state index in [0.717, 1.165) is 21.9 Å². The van der Waals surface area contributed by atoms with Gasteiger partial charge in [0, 0.05) is 22.6 Å². The van der Waals surface area contributed by atoms with Gasteiger partial charge in [-0.3, -0.25) is 0 Å². The first-order valence-corrected chi connectivity index (χ1v) is 22.3.